The first kappa shape index (κ1) is 9.76. The third-order valence-corrected chi connectivity index (χ3v) is 2.40. The Morgan fingerprint density at radius 3 is 2.93 bits per heavy atom. The molecular weight excluding hydrogens is 199 g/mol. The third-order valence-electron chi connectivity index (χ3n) is 2.40. The molecule has 15 heavy (non-hydrogen) atoms. The van der Waals surface area contributed by atoms with Gasteiger partial charge < -0.3 is 15.8 Å². The fourth-order valence-corrected chi connectivity index (χ4v) is 1.52. The number of halogens is 1. The van der Waals surface area contributed by atoms with E-state index in [2.05, 4.69) is 5.32 Å². The fraction of sp³-hybridized carbons (Fsp3) is 0.300. The molecule has 1 aliphatic rings. The van der Waals surface area contributed by atoms with Crippen molar-refractivity contribution < 1.29 is 13.9 Å². The van der Waals surface area contributed by atoms with Gasteiger partial charge in [-0.3, -0.25) is 0 Å². The Labute approximate surface area is 86.2 Å². The summed E-state index contributed by atoms with van der Waals surface area (Å²) < 4.78 is 17.7. The van der Waals surface area contributed by atoms with Gasteiger partial charge in [0.2, 0.25) is 0 Å². The smallest absolute Gasteiger partial charge is 0.407 e. The van der Waals surface area contributed by atoms with E-state index in [9.17, 15) is 9.18 Å². The summed E-state index contributed by atoms with van der Waals surface area (Å²) in [5, 5.41) is 2.57. The van der Waals surface area contributed by atoms with Crippen molar-refractivity contribution in [2.45, 2.75) is 5.92 Å². The quantitative estimate of drug-likeness (QED) is 0.685. The molecule has 4 nitrogen and oxygen atoms in total. The van der Waals surface area contributed by atoms with E-state index < -0.39 is 11.9 Å². The van der Waals surface area contributed by atoms with Crippen LogP contribution in [0.1, 0.15) is 11.5 Å². The summed E-state index contributed by atoms with van der Waals surface area (Å²) in [7, 11) is 0. The summed E-state index contributed by atoms with van der Waals surface area (Å²) in [5.74, 6) is -0.398. The van der Waals surface area contributed by atoms with Crippen LogP contribution in [0.15, 0.2) is 18.2 Å². The minimum absolute atomic E-state index is 0.0330. The van der Waals surface area contributed by atoms with Gasteiger partial charge in [0.15, 0.2) is 0 Å². The number of nitrogens with one attached hydrogen (secondary N) is 1. The molecule has 1 saturated heterocycles. The Morgan fingerprint density at radius 2 is 2.33 bits per heavy atom. The van der Waals surface area contributed by atoms with E-state index in [-0.39, 0.29) is 11.6 Å². The summed E-state index contributed by atoms with van der Waals surface area (Å²) in [6.07, 6.45) is -0.415. The third kappa shape index (κ3) is 2.01. The highest BCUT2D eigenvalue weighted by Crippen LogP contribution is 2.21. The largest absolute Gasteiger partial charge is 0.449 e. The molecule has 1 aliphatic heterocycles. The number of cyclic esters (lactones) is 1. The topological polar surface area (TPSA) is 64.3 Å². The number of nitrogen functional groups attached to an aromatic ring is 1. The molecule has 1 aromatic carbocycles. The van der Waals surface area contributed by atoms with Gasteiger partial charge in [-0.05, 0) is 17.7 Å². The van der Waals surface area contributed by atoms with Crippen LogP contribution in [-0.2, 0) is 4.74 Å². The van der Waals surface area contributed by atoms with Gasteiger partial charge in [0.25, 0.3) is 0 Å². The van der Waals surface area contributed by atoms with Gasteiger partial charge in [0, 0.05) is 12.5 Å². The monoisotopic (exact) mass is 210 g/mol. The second-order valence-corrected chi connectivity index (χ2v) is 3.46. The van der Waals surface area contributed by atoms with Crippen molar-refractivity contribution in [1.29, 1.82) is 0 Å². The molecule has 3 N–H and O–H groups in total. The number of anilines is 1. The van der Waals surface area contributed by atoms with Crippen LogP contribution in [-0.4, -0.2) is 19.2 Å². The first-order valence-electron chi connectivity index (χ1n) is 4.62. The summed E-state index contributed by atoms with van der Waals surface area (Å²) >= 11 is 0. The summed E-state index contributed by atoms with van der Waals surface area (Å²) in [5.41, 5.74) is 6.44. The van der Waals surface area contributed by atoms with E-state index in [4.69, 9.17) is 10.5 Å². The average molecular weight is 210 g/mol. The van der Waals surface area contributed by atoms with Crippen LogP contribution >= 0.6 is 0 Å². The van der Waals surface area contributed by atoms with Crippen molar-refractivity contribution in [3.8, 4) is 0 Å². The normalized spacial score (nSPS) is 20.6. The first-order chi connectivity index (χ1) is 7.16. The molecule has 0 saturated carbocycles. The number of carbonyl (C=O) groups excluding carboxylic acids is 1. The Balaban J connectivity index is 2.16. The molecule has 0 aliphatic carbocycles. The van der Waals surface area contributed by atoms with Crippen LogP contribution in [0.3, 0.4) is 0 Å². The molecule has 0 aromatic heterocycles. The Hall–Kier alpha value is -1.78. The SMILES string of the molecule is Nc1cc(C2CNC(=O)OC2)ccc1F. The van der Waals surface area contributed by atoms with Gasteiger partial charge in [-0.15, -0.1) is 0 Å². The predicted molar refractivity (Wildman–Crippen MR) is 52.9 cm³/mol. The molecule has 1 amide bonds. The molecule has 1 unspecified atom stereocenters. The summed E-state index contributed by atoms with van der Waals surface area (Å²) in [6, 6.07) is 4.54. The zero-order chi connectivity index (χ0) is 10.8. The Morgan fingerprint density at radius 1 is 1.53 bits per heavy atom. The van der Waals surface area contributed by atoms with E-state index >= 15 is 0 Å². The van der Waals surface area contributed by atoms with E-state index in [0.29, 0.717) is 13.2 Å². The Bertz CT molecular complexity index is 385. The van der Waals surface area contributed by atoms with Crippen LogP contribution in [0.2, 0.25) is 0 Å². The van der Waals surface area contributed by atoms with E-state index in [1.807, 2.05) is 0 Å². The minimum Gasteiger partial charge on any atom is -0.449 e. The lowest BCUT2D eigenvalue weighted by molar-refractivity contribution is 0.120. The summed E-state index contributed by atoms with van der Waals surface area (Å²) in [4.78, 5) is 10.7. The van der Waals surface area contributed by atoms with Crippen LogP contribution in [0, 0.1) is 5.82 Å². The fourth-order valence-electron chi connectivity index (χ4n) is 1.52. The molecule has 5 heteroatoms. The number of nitrogens with two attached hydrogens (primary N) is 1. The number of hydrogen-bond donors (Lipinski definition) is 2. The molecule has 2 rings (SSSR count). The maximum absolute atomic E-state index is 12.9. The first-order valence-corrected chi connectivity index (χ1v) is 4.62. The van der Waals surface area contributed by atoms with Crippen LogP contribution in [0.4, 0.5) is 14.9 Å². The molecule has 0 bridgehead atoms. The van der Waals surface area contributed by atoms with Crippen molar-refractivity contribution in [1.82, 2.24) is 5.32 Å². The molecule has 1 fully saturated rings. The number of amides is 1. The lowest BCUT2D eigenvalue weighted by Gasteiger charge is -2.23. The summed E-state index contributed by atoms with van der Waals surface area (Å²) in [6.45, 7) is 0.792. The zero-order valence-corrected chi connectivity index (χ0v) is 8.00. The van der Waals surface area contributed by atoms with E-state index in [0.717, 1.165) is 5.56 Å². The Kier molecular flexibility index (Phi) is 2.45. The lowest BCUT2D eigenvalue weighted by atomic mass is 9.98. The lowest BCUT2D eigenvalue weighted by Crippen LogP contribution is -2.37. The molecule has 1 aromatic rings. The highest BCUT2D eigenvalue weighted by Gasteiger charge is 2.20. The van der Waals surface area contributed by atoms with Crippen molar-refractivity contribution in [3.05, 3.63) is 29.6 Å². The van der Waals surface area contributed by atoms with Gasteiger partial charge in [-0.25, -0.2) is 9.18 Å². The molecular formula is C10H11FN2O2. The second kappa shape index (κ2) is 3.76. The number of ether oxygens (including phenoxy) is 1. The number of benzene rings is 1. The van der Waals surface area contributed by atoms with Gasteiger partial charge in [-0.2, -0.15) is 0 Å². The maximum atomic E-state index is 12.9. The van der Waals surface area contributed by atoms with E-state index in [1.165, 1.54) is 6.07 Å². The number of alkyl carbamates (subject to hydrolysis) is 1. The van der Waals surface area contributed by atoms with Crippen LogP contribution in [0.25, 0.3) is 0 Å². The average Bonchev–Trinajstić information content (AvgIpc) is 2.23. The van der Waals surface area contributed by atoms with Crippen LogP contribution in [0.5, 0.6) is 0 Å². The minimum atomic E-state index is -0.431. The van der Waals surface area contributed by atoms with Crippen molar-refractivity contribution >= 4 is 11.8 Å². The van der Waals surface area contributed by atoms with Gasteiger partial charge in [-0.1, -0.05) is 6.07 Å². The van der Waals surface area contributed by atoms with E-state index in [1.54, 1.807) is 12.1 Å². The van der Waals surface area contributed by atoms with Crippen molar-refractivity contribution in [3.63, 3.8) is 0 Å². The predicted octanol–water partition coefficient (Wildman–Crippen LogP) is 1.23. The number of rotatable bonds is 1. The molecule has 80 valence electrons. The van der Waals surface area contributed by atoms with Gasteiger partial charge in [0.05, 0.1) is 5.69 Å². The van der Waals surface area contributed by atoms with Crippen LogP contribution < -0.4 is 11.1 Å². The number of carbonyl (C=O) groups is 1. The highest BCUT2D eigenvalue weighted by atomic mass is 19.1. The van der Waals surface area contributed by atoms with Crippen molar-refractivity contribution in [2.75, 3.05) is 18.9 Å². The molecule has 1 atom stereocenters. The maximum Gasteiger partial charge on any atom is 0.407 e. The zero-order valence-electron chi connectivity index (χ0n) is 8.00. The highest BCUT2D eigenvalue weighted by molar-refractivity contribution is 5.68. The molecule has 0 radical (unpaired) electrons. The van der Waals surface area contributed by atoms with Gasteiger partial charge >= 0.3 is 6.09 Å². The molecule has 1 heterocycles. The second-order valence-electron chi connectivity index (χ2n) is 3.46. The number of hydrogen-bond acceptors (Lipinski definition) is 3. The van der Waals surface area contributed by atoms with Crippen molar-refractivity contribution in [2.24, 2.45) is 0 Å². The van der Waals surface area contributed by atoms with Gasteiger partial charge in [0.1, 0.15) is 12.4 Å². The molecule has 0 spiro atoms. The standard InChI is InChI=1S/C10H11FN2O2/c11-8-2-1-6(3-9(8)12)7-4-13-10(14)15-5-7/h1-3,7H,4-5,12H2,(H,13,14).